The first-order valence-corrected chi connectivity index (χ1v) is 4.11. The molecule has 1 rings (SSSR count). The second-order valence-electron chi connectivity index (χ2n) is 3.09. The first-order valence-electron chi connectivity index (χ1n) is 4.11. The van der Waals surface area contributed by atoms with Crippen molar-refractivity contribution < 1.29 is 14.3 Å². The molecule has 0 aliphatic carbocycles. The van der Waals surface area contributed by atoms with E-state index < -0.39 is 5.41 Å². The Kier molecular flexibility index (Phi) is 5.29. The zero-order valence-corrected chi connectivity index (χ0v) is 8.56. The van der Waals surface area contributed by atoms with Crippen molar-refractivity contribution in [1.29, 1.82) is 0 Å². The van der Waals surface area contributed by atoms with Gasteiger partial charge in [0.25, 0.3) is 0 Å². The fourth-order valence-electron chi connectivity index (χ4n) is 1.47. The van der Waals surface area contributed by atoms with Crippen molar-refractivity contribution in [2.24, 2.45) is 11.1 Å². The van der Waals surface area contributed by atoms with Gasteiger partial charge in [-0.2, -0.15) is 0 Å². The summed E-state index contributed by atoms with van der Waals surface area (Å²) in [6, 6.07) is 0. The molecule has 0 saturated carbocycles. The van der Waals surface area contributed by atoms with Gasteiger partial charge in [-0.3, -0.25) is 4.79 Å². The molecule has 0 unspecified atom stereocenters. The quantitative estimate of drug-likeness (QED) is 0.667. The van der Waals surface area contributed by atoms with Gasteiger partial charge in [-0.05, 0) is 12.8 Å². The van der Waals surface area contributed by atoms with Crippen LogP contribution in [0.25, 0.3) is 0 Å². The molecule has 0 atom stereocenters. The number of carbonyl (C=O) groups excluding carboxylic acids is 1. The van der Waals surface area contributed by atoms with E-state index in [0.717, 1.165) is 0 Å². The summed E-state index contributed by atoms with van der Waals surface area (Å²) >= 11 is 0. The summed E-state index contributed by atoms with van der Waals surface area (Å²) in [6.45, 7) is 1.56. The standard InChI is InChI=1S/C8H15NO3.ClH/c1-11-7(10)8(6-9)2-4-12-5-3-8;/h2-6,9H2,1H3;1H. The van der Waals surface area contributed by atoms with Gasteiger partial charge in [0, 0.05) is 19.8 Å². The highest BCUT2D eigenvalue weighted by molar-refractivity contribution is 5.85. The van der Waals surface area contributed by atoms with Crippen LogP contribution in [0.5, 0.6) is 0 Å². The molecule has 78 valence electrons. The highest BCUT2D eigenvalue weighted by Crippen LogP contribution is 2.30. The first-order chi connectivity index (χ1) is 5.75. The topological polar surface area (TPSA) is 61.5 Å². The maximum atomic E-state index is 11.4. The molecule has 4 nitrogen and oxygen atoms in total. The van der Waals surface area contributed by atoms with Crippen LogP contribution in [-0.4, -0.2) is 32.8 Å². The second-order valence-corrected chi connectivity index (χ2v) is 3.09. The van der Waals surface area contributed by atoms with Crippen LogP contribution in [0.2, 0.25) is 0 Å². The van der Waals surface area contributed by atoms with E-state index in [1.165, 1.54) is 7.11 Å². The van der Waals surface area contributed by atoms with Crippen LogP contribution in [0.15, 0.2) is 0 Å². The molecule has 0 aromatic carbocycles. The molecule has 0 radical (unpaired) electrons. The Labute approximate surface area is 84.2 Å². The van der Waals surface area contributed by atoms with Crippen molar-refractivity contribution in [3.05, 3.63) is 0 Å². The Bertz CT molecular complexity index is 169. The zero-order valence-electron chi connectivity index (χ0n) is 7.75. The second kappa shape index (κ2) is 5.42. The van der Waals surface area contributed by atoms with Gasteiger partial charge in [0.1, 0.15) is 0 Å². The molecule has 5 heteroatoms. The van der Waals surface area contributed by atoms with E-state index in [2.05, 4.69) is 0 Å². The van der Waals surface area contributed by atoms with E-state index in [0.29, 0.717) is 32.6 Å². The van der Waals surface area contributed by atoms with Crippen molar-refractivity contribution in [2.75, 3.05) is 26.9 Å². The van der Waals surface area contributed by atoms with Crippen molar-refractivity contribution in [3.8, 4) is 0 Å². The lowest BCUT2D eigenvalue weighted by Gasteiger charge is -2.32. The van der Waals surface area contributed by atoms with Crippen LogP contribution in [0.4, 0.5) is 0 Å². The van der Waals surface area contributed by atoms with Gasteiger partial charge in [0.15, 0.2) is 0 Å². The van der Waals surface area contributed by atoms with Crippen molar-refractivity contribution in [3.63, 3.8) is 0 Å². The van der Waals surface area contributed by atoms with Gasteiger partial charge in [0.05, 0.1) is 12.5 Å². The van der Waals surface area contributed by atoms with Gasteiger partial charge in [-0.1, -0.05) is 0 Å². The molecule has 0 bridgehead atoms. The molecule has 1 aliphatic rings. The fourth-order valence-corrected chi connectivity index (χ4v) is 1.47. The SMILES string of the molecule is COC(=O)C1(CN)CCOCC1.Cl. The van der Waals surface area contributed by atoms with Crippen LogP contribution in [0.3, 0.4) is 0 Å². The highest BCUT2D eigenvalue weighted by Gasteiger charge is 2.39. The van der Waals surface area contributed by atoms with Crippen molar-refractivity contribution >= 4 is 18.4 Å². The predicted octanol–water partition coefficient (Wildman–Crippen LogP) is 0.337. The molecule has 2 N–H and O–H groups in total. The van der Waals surface area contributed by atoms with E-state index in [9.17, 15) is 4.79 Å². The lowest BCUT2D eigenvalue weighted by Crippen LogP contribution is -2.43. The summed E-state index contributed by atoms with van der Waals surface area (Å²) in [5.74, 6) is -0.201. The Hall–Kier alpha value is -0.320. The minimum Gasteiger partial charge on any atom is -0.469 e. The lowest BCUT2D eigenvalue weighted by molar-refractivity contribution is -0.157. The van der Waals surface area contributed by atoms with Crippen molar-refractivity contribution in [1.82, 2.24) is 0 Å². The smallest absolute Gasteiger partial charge is 0.313 e. The minimum atomic E-state index is -0.479. The molecular formula is C8H16ClNO3. The number of halogens is 1. The number of ether oxygens (including phenoxy) is 2. The van der Waals surface area contributed by atoms with Gasteiger partial charge >= 0.3 is 5.97 Å². The summed E-state index contributed by atoms with van der Waals surface area (Å²) in [4.78, 5) is 11.4. The minimum absolute atomic E-state index is 0. The molecule has 0 amide bonds. The monoisotopic (exact) mass is 209 g/mol. The summed E-state index contributed by atoms with van der Waals surface area (Å²) < 4.78 is 9.87. The molecule has 1 saturated heterocycles. The predicted molar refractivity (Wildman–Crippen MR) is 50.8 cm³/mol. The summed E-state index contributed by atoms with van der Waals surface area (Å²) in [5.41, 5.74) is 5.08. The third-order valence-electron chi connectivity index (χ3n) is 2.46. The van der Waals surface area contributed by atoms with Crippen LogP contribution in [0.1, 0.15) is 12.8 Å². The molecule has 1 fully saturated rings. The Morgan fingerprint density at radius 3 is 2.46 bits per heavy atom. The van der Waals surface area contributed by atoms with Gasteiger partial charge in [-0.25, -0.2) is 0 Å². The first kappa shape index (κ1) is 12.7. The van der Waals surface area contributed by atoms with E-state index in [4.69, 9.17) is 15.2 Å². The maximum absolute atomic E-state index is 11.4. The number of carbonyl (C=O) groups is 1. The molecule has 13 heavy (non-hydrogen) atoms. The average molecular weight is 210 g/mol. The Morgan fingerprint density at radius 2 is 2.08 bits per heavy atom. The maximum Gasteiger partial charge on any atom is 0.313 e. The van der Waals surface area contributed by atoms with E-state index in [1.807, 2.05) is 0 Å². The van der Waals surface area contributed by atoms with Crippen LogP contribution in [-0.2, 0) is 14.3 Å². The van der Waals surface area contributed by atoms with E-state index in [1.54, 1.807) is 0 Å². The zero-order chi connectivity index (χ0) is 9.03. The molecular weight excluding hydrogens is 194 g/mol. The Morgan fingerprint density at radius 1 is 1.54 bits per heavy atom. The number of esters is 1. The van der Waals surface area contributed by atoms with Gasteiger partial charge in [0.2, 0.25) is 0 Å². The van der Waals surface area contributed by atoms with Gasteiger partial charge < -0.3 is 15.2 Å². The normalized spacial score (nSPS) is 20.2. The van der Waals surface area contributed by atoms with E-state index >= 15 is 0 Å². The molecule has 0 aromatic heterocycles. The van der Waals surface area contributed by atoms with Crippen LogP contribution < -0.4 is 5.73 Å². The average Bonchev–Trinajstić information content (AvgIpc) is 2.17. The third-order valence-corrected chi connectivity index (χ3v) is 2.46. The molecule has 1 aliphatic heterocycles. The third kappa shape index (κ3) is 2.56. The van der Waals surface area contributed by atoms with Gasteiger partial charge in [-0.15, -0.1) is 12.4 Å². The summed E-state index contributed by atoms with van der Waals surface area (Å²) in [6.07, 6.45) is 1.35. The number of nitrogens with two attached hydrogens (primary N) is 1. The fraction of sp³-hybridized carbons (Fsp3) is 0.875. The lowest BCUT2D eigenvalue weighted by atomic mass is 9.80. The highest BCUT2D eigenvalue weighted by atomic mass is 35.5. The number of methoxy groups -OCH3 is 1. The number of rotatable bonds is 2. The largest absolute Gasteiger partial charge is 0.469 e. The summed E-state index contributed by atoms with van der Waals surface area (Å²) in [7, 11) is 1.40. The number of hydrogen-bond acceptors (Lipinski definition) is 4. The Balaban J connectivity index is 0.00000144. The molecule has 1 heterocycles. The molecule has 0 spiro atoms. The van der Waals surface area contributed by atoms with Crippen molar-refractivity contribution in [2.45, 2.75) is 12.8 Å². The van der Waals surface area contributed by atoms with Crippen LogP contribution >= 0.6 is 12.4 Å². The van der Waals surface area contributed by atoms with E-state index in [-0.39, 0.29) is 18.4 Å². The summed E-state index contributed by atoms with van der Waals surface area (Å²) in [5, 5.41) is 0. The molecule has 0 aromatic rings. The number of hydrogen-bond donors (Lipinski definition) is 1. The van der Waals surface area contributed by atoms with Crippen LogP contribution in [0, 0.1) is 5.41 Å².